The maximum absolute atomic E-state index is 11.9. The molecule has 3 rings (SSSR count). The predicted molar refractivity (Wildman–Crippen MR) is 81.3 cm³/mol. The van der Waals surface area contributed by atoms with Gasteiger partial charge in [0, 0.05) is 43.6 Å². The number of hydrogen-bond donors (Lipinski definition) is 2. The second kappa shape index (κ2) is 6.93. The van der Waals surface area contributed by atoms with Gasteiger partial charge in [-0.25, -0.2) is 14.8 Å². The number of nitrogens with zero attached hydrogens (tertiary/aromatic N) is 3. The minimum Gasteiger partial charge on any atom is -0.472 e. The van der Waals surface area contributed by atoms with Gasteiger partial charge in [-0.3, -0.25) is 0 Å². The van der Waals surface area contributed by atoms with E-state index in [1.807, 2.05) is 6.07 Å². The number of rotatable bonds is 4. The van der Waals surface area contributed by atoms with E-state index in [4.69, 9.17) is 4.42 Å². The van der Waals surface area contributed by atoms with Crippen LogP contribution in [0.1, 0.15) is 18.4 Å². The van der Waals surface area contributed by atoms with Crippen LogP contribution in [0.3, 0.4) is 0 Å². The molecule has 1 unspecified atom stereocenters. The first-order valence-electron chi connectivity index (χ1n) is 7.38. The molecular weight excluding hydrogens is 282 g/mol. The molecular formula is C15H19N5O2. The molecule has 1 atom stereocenters. The average Bonchev–Trinajstić information content (AvgIpc) is 3.08. The van der Waals surface area contributed by atoms with Crippen molar-refractivity contribution in [3.05, 3.63) is 42.6 Å². The van der Waals surface area contributed by atoms with Gasteiger partial charge in [0.2, 0.25) is 5.95 Å². The van der Waals surface area contributed by atoms with E-state index < -0.39 is 0 Å². The van der Waals surface area contributed by atoms with Crippen molar-refractivity contribution in [3.8, 4) is 0 Å². The maximum atomic E-state index is 11.9. The highest BCUT2D eigenvalue weighted by Gasteiger charge is 2.22. The molecule has 1 saturated heterocycles. The molecule has 1 aliphatic heterocycles. The summed E-state index contributed by atoms with van der Waals surface area (Å²) < 4.78 is 4.97. The highest BCUT2D eigenvalue weighted by atomic mass is 16.3. The van der Waals surface area contributed by atoms with E-state index in [-0.39, 0.29) is 12.1 Å². The normalized spacial score (nSPS) is 18.0. The van der Waals surface area contributed by atoms with Crippen LogP contribution in [0.5, 0.6) is 0 Å². The Kier molecular flexibility index (Phi) is 4.53. The Morgan fingerprint density at radius 2 is 2.27 bits per heavy atom. The molecule has 22 heavy (non-hydrogen) atoms. The number of aromatic nitrogens is 2. The predicted octanol–water partition coefficient (Wildman–Crippen LogP) is 1.54. The summed E-state index contributed by atoms with van der Waals surface area (Å²) in [5.74, 6) is 0.716. The third-order valence-corrected chi connectivity index (χ3v) is 3.62. The molecule has 0 spiro atoms. The molecule has 7 heteroatoms. The Morgan fingerprint density at radius 3 is 3.05 bits per heavy atom. The van der Waals surface area contributed by atoms with Crippen molar-refractivity contribution in [1.29, 1.82) is 0 Å². The van der Waals surface area contributed by atoms with E-state index in [0.29, 0.717) is 12.5 Å². The van der Waals surface area contributed by atoms with E-state index in [1.54, 1.807) is 31.0 Å². The van der Waals surface area contributed by atoms with Crippen molar-refractivity contribution < 1.29 is 9.21 Å². The van der Waals surface area contributed by atoms with Crippen LogP contribution in [0.4, 0.5) is 10.7 Å². The van der Waals surface area contributed by atoms with Crippen LogP contribution in [0.2, 0.25) is 0 Å². The number of carbonyl (C=O) groups excluding carboxylic acids is 1. The topological polar surface area (TPSA) is 83.3 Å². The number of anilines is 1. The van der Waals surface area contributed by atoms with Crippen molar-refractivity contribution in [1.82, 2.24) is 20.6 Å². The molecule has 1 fully saturated rings. The van der Waals surface area contributed by atoms with Crippen LogP contribution in [0, 0.1) is 0 Å². The molecule has 7 nitrogen and oxygen atoms in total. The zero-order valence-corrected chi connectivity index (χ0v) is 12.2. The zero-order valence-electron chi connectivity index (χ0n) is 12.2. The molecule has 0 radical (unpaired) electrons. The summed E-state index contributed by atoms with van der Waals surface area (Å²) in [5, 5.41) is 5.83. The zero-order chi connectivity index (χ0) is 15.2. The van der Waals surface area contributed by atoms with Crippen LogP contribution in [-0.4, -0.2) is 35.1 Å². The largest absolute Gasteiger partial charge is 0.472 e. The van der Waals surface area contributed by atoms with Crippen LogP contribution >= 0.6 is 0 Å². The van der Waals surface area contributed by atoms with E-state index in [2.05, 4.69) is 25.5 Å². The lowest BCUT2D eigenvalue weighted by molar-refractivity contribution is 0.234. The molecule has 3 heterocycles. The van der Waals surface area contributed by atoms with Crippen molar-refractivity contribution in [2.24, 2.45) is 0 Å². The van der Waals surface area contributed by atoms with Crippen LogP contribution in [0.15, 0.2) is 41.5 Å². The first-order chi connectivity index (χ1) is 10.8. The third kappa shape index (κ3) is 3.75. The second-order valence-electron chi connectivity index (χ2n) is 5.29. The minimum absolute atomic E-state index is 0.0990. The summed E-state index contributed by atoms with van der Waals surface area (Å²) >= 11 is 0. The summed E-state index contributed by atoms with van der Waals surface area (Å²) in [7, 11) is 0. The number of piperidine rings is 1. The first-order valence-corrected chi connectivity index (χ1v) is 7.38. The minimum atomic E-state index is -0.165. The fraction of sp³-hybridized carbons (Fsp3) is 0.400. The maximum Gasteiger partial charge on any atom is 0.315 e. The second-order valence-corrected chi connectivity index (χ2v) is 5.29. The van der Waals surface area contributed by atoms with Gasteiger partial charge in [-0.2, -0.15) is 0 Å². The number of amides is 2. The Labute approximate surface area is 128 Å². The molecule has 0 aromatic carbocycles. The van der Waals surface area contributed by atoms with Gasteiger partial charge in [0.1, 0.15) is 0 Å². The lowest BCUT2D eigenvalue weighted by atomic mass is 10.1. The smallest absolute Gasteiger partial charge is 0.315 e. The lowest BCUT2D eigenvalue weighted by Crippen LogP contribution is -2.50. The number of furan rings is 1. The Morgan fingerprint density at radius 1 is 1.41 bits per heavy atom. The average molecular weight is 301 g/mol. The van der Waals surface area contributed by atoms with Gasteiger partial charge in [0.15, 0.2) is 0 Å². The van der Waals surface area contributed by atoms with Crippen molar-refractivity contribution in [3.63, 3.8) is 0 Å². The molecule has 2 aromatic rings. The number of hydrogen-bond acceptors (Lipinski definition) is 5. The summed E-state index contributed by atoms with van der Waals surface area (Å²) in [4.78, 5) is 22.6. The molecule has 0 saturated carbocycles. The molecule has 2 aromatic heterocycles. The molecule has 1 aliphatic rings. The summed E-state index contributed by atoms with van der Waals surface area (Å²) in [6.07, 6.45) is 8.64. The highest BCUT2D eigenvalue weighted by molar-refractivity contribution is 5.74. The summed E-state index contributed by atoms with van der Waals surface area (Å²) in [6.45, 7) is 2.10. The fourth-order valence-electron chi connectivity index (χ4n) is 2.54. The Bertz CT molecular complexity index is 587. The third-order valence-electron chi connectivity index (χ3n) is 3.62. The van der Waals surface area contributed by atoms with Gasteiger partial charge in [-0.05, 0) is 25.0 Å². The Hall–Kier alpha value is -2.57. The Balaban J connectivity index is 1.48. The van der Waals surface area contributed by atoms with E-state index in [0.717, 1.165) is 31.5 Å². The van der Waals surface area contributed by atoms with Crippen LogP contribution in [0.25, 0.3) is 0 Å². The number of carbonyl (C=O) groups is 1. The molecule has 2 amide bonds. The van der Waals surface area contributed by atoms with Gasteiger partial charge >= 0.3 is 6.03 Å². The van der Waals surface area contributed by atoms with Crippen molar-refractivity contribution in [2.45, 2.75) is 25.4 Å². The molecule has 0 aliphatic carbocycles. The standard InChI is InChI=1S/C15H19N5O2/c21-15(18-9-12-4-8-22-11-12)19-13-3-1-7-20(10-13)14-16-5-2-6-17-14/h2,4-6,8,11,13H,1,3,7,9-10H2,(H2,18,19,21). The fourth-order valence-corrected chi connectivity index (χ4v) is 2.54. The van der Waals surface area contributed by atoms with Gasteiger partial charge in [-0.1, -0.05) is 0 Å². The van der Waals surface area contributed by atoms with Gasteiger partial charge < -0.3 is 20.0 Å². The monoisotopic (exact) mass is 301 g/mol. The van der Waals surface area contributed by atoms with Gasteiger partial charge in [-0.15, -0.1) is 0 Å². The first kappa shape index (κ1) is 14.4. The van der Waals surface area contributed by atoms with E-state index in [9.17, 15) is 4.79 Å². The molecule has 116 valence electrons. The summed E-state index contributed by atoms with van der Waals surface area (Å²) in [6, 6.07) is 3.56. The van der Waals surface area contributed by atoms with Crippen LogP contribution < -0.4 is 15.5 Å². The van der Waals surface area contributed by atoms with Crippen molar-refractivity contribution >= 4 is 12.0 Å². The highest BCUT2D eigenvalue weighted by Crippen LogP contribution is 2.15. The quantitative estimate of drug-likeness (QED) is 0.895. The summed E-state index contributed by atoms with van der Waals surface area (Å²) in [5.41, 5.74) is 0.943. The van der Waals surface area contributed by atoms with Crippen LogP contribution in [-0.2, 0) is 6.54 Å². The van der Waals surface area contributed by atoms with E-state index in [1.165, 1.54) is 0 Å². The SMILES string of the molecule is O=C(NCc1ccoc1)NC1CCCN(c2ncccn2)C1. The van der Waals surface area contributed by atoms with E-state index >= 15 is 0 Å². The van der Waals surface area contributed by atoms with Gasteiger partial charge in [0.05, 0.1) is 12.5 Å². The molecule has 0 bridgehead atoms. The molecule has 2 N–H and O–H groups in total. The van der Waals surface area contributed by atoms with Gasteiger partial charge in [0.25, 0.3) is 0 Å². The number of urea groups is 1. The van der Waals surface area contributed by atoms with Crippen molar-refractivity contribution in [2.75, 3.05) is 18.0 Å². The lowest BCUT2D eigenvalue weighted by Gasteiger charge is -2.33. The number of nitrogens with one attached hydrogen (secondary N) is 2.